The molecule has 0 radical (unpaired) electrons. The Morgan fingerprint density at radius 1 is 0.944 bits per heavy atom. The van der Waals surface area contributed by atoms with Gasteiger partial charge in [-0.15, -0.1) is 0 Å². The summed E-state index contributed by atoms with van der Waals surface area (Å²) in [4.78, 5) is 45.6. The average molecular weight is 253 g/mol. The van der Waals surface area contributed by atoms with E-state index in [0.29, 0.717) is 0 Å². The lowest BCUT2D eigenvalue weighted by Gasteiger charge is -2.03. The SMILES string of the molecule is O=C(O)C(=O)Nc1ccc(NC(=O)C(=O)O)nc1. The summed E-state index contributed by atoms with van der Waals surface area (Å²) in [6, 6.07) is 2.46. The third-order valence-electron chi connectivity index (χ3n) is 1.65. The topological polar surface area (TPSA) is 146 Å². The molecule has 0 spiro atoms. The van der Waals surface area contributed by atoms with Crippen molar-refractivity contribution in [2.75, 3.05) is 10.6 Å². The second kappa shape index (κ2) is 5.39. The van der Waals surface area contributed by atoms with Gasteiger partial charge in [-0.1, -0.05) is 0 Å². The molecule has 1 heterocycles. The summed E-state index contributed by atoms with van der Waals surface area (Å²) in [5.74, 6) is -5.86. The molecule has 1 aromatic rings. The van der Waals surface area contributed by atoms with Crippen LogP contribution in [-0.2, 0) is 19.2 Å². The van der Waals surface area contributed by atoms with E-state index in [1.165, 1.54) is 12.1 Å². The molecule has 2 amide bonds. The zero-order valence-corrected chi connectivity index (χ0v) is 8.71. The van der Waals surface area contributed by atoms with E-state index in [2.05, 4.69) is 4.98 Å². The van der Waals surface area contributed by atoms with Crippen LogP contribution in [0.25, 0.3) is 0 Å². The molecular weight excluding hydrogens is 246 g/mol. The predicted octanol–water partition coefficient (Wildman–Crippen LogP) is -0.872. The van der Waals surface area contributed by atoms with Crippen molar-refractivity contribution in [1.82, 2.24) is 4.98 Å². The van der Waals surface area contributed by atoms with E-state index in [0.717, 1.165) is 6.20 Å². The maximum absolute atomic E-state index is 10.8. The highest BCUT2D eigenvalue weighted by Crippen LogP contribution is 2.09. The molecule has 0 saturated carbocycles. The van der Waals surface area contributed by atoms with Crippen molar-refractivity contribution in [1.29, 1.82) is 0 Å². The Morgan fingerprint density at radius 2 is 1.50 bits per heavy atom. The Bertz CT molecular complexity index is 463. The van der Waals surface area contributed by atoms with Crippen LogP contribution in [0.4, 0.5) is 11.5 Å². The van der Waals surface area contributed by atoms with Gasteiger partial charge in [-0.05, 0) is 12.1 Å². The number of carbonyl (C=O) groups excluding carboxylic acids is 2. The van der Waals surface area contributed by atoms with E-state index in [9.17, 15) is 19.2 Å². The van der Waals surface area contributed by atoms with E-state index >= 15 is 0 Å². The Hall–Kier alpha value is -2.97. The second-order valence-corrected chi connectivity index (χ2v) is 2.95. The van der Waals surface area contributed by atoms with Crippen molar-refractivity contribution >= 4 is 35.3 Å². The number of carboxylic acid groups (broad SMARTS) is 2. The van der Waals surface area contributed by atoms with E-state index in [4.69, 9.17) is 10.2 Å². The molecule has 4 N–H and O–H groups in total. The molecule has 0 saturated heterocycles. The third kappa shape index (κ3) is 3.56. The molecule has 0 aromatic carbocycles. The predicted molar refractivity (Wildman–Crippen MR) is 56.8 cm³/mol. The third-order valence-corrected chi connectivity index (χ3v) is 1.65. The van der Waals surface area contributed by atoms with E-state index < -0.39 is 23.8 Å². The lowest BCUT2D eigenvalue weighted by Crippen LogP contribution is -2.23. The highest BCUT2D eigenvalue weighted by atomic mass is 16.4. The number of amides is 2. The zero-order valence-electron chi connectivity index (χ0n) is 8.71. The normalized spacial score (nSPS) is 9.33. The highest BCUT2D eigenvalue weighted by Gasteiger charge is 2.13. The van der Waals surface area contributed by atoms with Gasteiger partial charge in [0.2, 0.25) is 0 Å². The van der Waals surface area contributed by atoms with Crippen molar-refractivity contribution in [2.45, 2.75) is 0 Å². The minimum absolute atomic E-state index is 0.0456. The summed E-state index contributed by atoms with van der Waals surface area (Å²) in [5, 5.41) is 20.6. The van der Waals surface area contributed by atoms with Gasteiger partial charge in [0.15, 0.2) is 0 Å². The molecule has 0 unspecified atom stereocenters. The summed E-state index contributed by atoms with van der Waals surface area (Å²) < 4.78 is 0. The molecule has 0 bridgehead atoms. The van der Waals surface area contributed by atoms with Gasteiger partial charge in [0.1, 0.15) is 5.82 Å². The molecule has 94 valence electrons. The first-order valence-electron chi connectivity index (χ1n) is 4.44. The fraction of sp³-hybridized carbons (Fsp3) is 0. The van der Waals surface area contributed by atoms with Gasteiger partial charge in [-0.2, -0.15) is 0 Å². The highest BCUT2D eigenvalue weighted by molar-refractivity contribution is 6.37. The molecule has 0 aliphatic rings. The van der Waals surface area contributed by atoms with Crippen LogP contribution in [-0.4, -0.2) is 39.0 Å². The first-order chi connectivity index (χ1) is 8.40. The summed E-state index contributed by atoms with van der Waals surface area (Å²) in [5.41, 5.74) is 0.0933. The van der Waals surface area contributed by atoms with Gasteiger partial charge in [0, 0.05) is 0 Å². The molecule has 9 nitrogen and oxygen atoms in total. The number of hydrogen-bond donors (Lipinski definition) is 4. The number of pyridine rings is 1. The Labute approximate surface area is 99.4 Å². The first-order valence-corrected chi connectivity index (χ1v) is 4.44. The summed E-state index contributed by atoms with van der Waals surface area (Å²) in [7, 11) is 0. The van der Waals surface area contributed by atoms with E-state index in [-0.39, 0.29) is 11.5 Å². The van der Waals surface area contributed by atoms with Gasteiger partial charge < -0.3 is 20.8 Å². The lowest BCUT2D eigenvalue weighted by atomic mass is 10.4. The number of hydrogen-bond acceptors (Lipinski definition) is 5. The summed E-state index contributed by atoms with van der Waals surface area (Å²) >= 11 is 0. The van der Waals surface area contributed by atoms with Crippen LogP contribution < -0.4 is 10.6 Å². The van der Waals surface area contributed by atoms with Gasteiger partial charge in [0.25, 0.3) is 0 Å². The van der Waals surface area contributed by atoms with Crippen LogP contribution in [0.15, 0.2) is 18.3 Å². The number of anilines is 2. The van der Waals surface area contributed by atoms with Crippen molar-refractivity contribution in [2.24, 2.45) is 0 Å². The minimum atomic E-state index is -1.67. The molecule has 0 atom stereocenters. The second-order valence-electron chi connectivity index (χ2n) is 2.95. The maximum atomic E-state index is 10.8. The standard InChI is InChI=1S/C9H7N3O6/c13-6(8(15)16)11-4-1-2-5(10-3-4)12-7(14)9(17)18/h1-3H,(H,11,13)(H,15,16)(H,17,18)(H,10,12,14). The smallest absolute Gasteiger partial charge is 0.394 e. The quantitative estimate of drug-likeness (QED) is 0.501. The monoisotopic (exact) mass is 253 g/mol. The first kappa shape index (κ1) is 13.1. The van der Waals surface area contributed by atoms with Crippen molar-refractivity contribution in [3.8, 4) is 0 Å². The number of carbonyl (C=O) groups is 4. The Morgan fingerprint density at radius 3 is 1.94 bits per heavy atom. The molecule has 0 fully saturated rings. The number of nitrogens with one attached hydrogen (secondary N) is 2. The number of aliphatic carboxylic acids is 2. The molecule has 0 aliphatic carbocycles. The maximum Gasteiger partial charge on any atom is 0.394 e. The van der Waals surface area contributed by atoms with Gasteiger partial charge in [0.05, 0.1) is 11.9 Å². The number of aromatic nitrogens is 1. The van der Waals surface area contributed by atoms with Crippen LogP contribution in [0.3, 0.4) is 0 Å². The zero-order chi connectivity index (χ0) is 13.7. The average Bonchev–Trinajstić information content (AvgIpc) is 2.31. The van der Waals surface area contributed by atoms with Crippen molar-refractivity contribution in [3.63, 3.8) is 0 Å². The molecule has 1 aromatic heterocycles. The van der Waals surface area contributed by atoms with Gasteiger partial charge >= 0.3 is 23.8 Å². The Kier molecular flexibility index (Phi) is 3.92. The van der Waals surface area contributed by atoms with Crippen molar-refractivity contribution < 1.29 is 29.4 Å². The van der Waals surface area contributed by atoms with Gasteiger partial charge in [-0.25, -0.2) is 14.6 Å². The Balaban J connectivity index is 2.68. The number of carboxylic acids is 2. The summed E-state index contributed by atoms with van der Waals surface area (Å²) in [6.07, 6.45) is 1.07. The lowest BCUT2D eigenvalue weighted by molar-refractivity contribution is -0.147. The van der Waals surface area contributed by atoms with Crippen LogP contribution in [0.5, 0.6) is 0 Å². The number of nitrogens with zero attached hydrogens (tertiary/aromatic N) is 1. The van der Waals surface area contributed by atoms with E-state index in [1.54, 1.807) is 0 Å². The minimum Gasteiger partial charge on any atom is -0.474 e. The largest absolute Gasteiger partial charge is 0.474 e. The van der Waals surface area contributed by atoms with E-state index in [1.807, 2.05) is 10.6 Å². The fourth-order valence-corrected chi connectivity index (χ4v) is 0.896. The molecular formula is C9H7N3O6. The van der Waals surface area contributed by atoms with Crippen molar-refractivity contribution in [3.05, 3.63) is 18.3 Å². The van der Waals surface area contributed by atoms with Crippen LogP contribution in [0.1, 0.15) is 0 Å². The fourth-order valence-electron chi connectivity index (χ4n) is 0.896. The summed E-state index contributed by atoms with van der Waals surface area (Å²) in [6.45, 7) is 0. The molecule has 18 heavy (non-hydrogen) atoms. The molecule has 9 heteroatoms. The van der Waals surface area contributed by atoms with Crippen LogP contribution in [0.2, 0.25) is 0 Å². The van der Waals surface area contributed by atoms with Gasteiger partial charge in [-0.3, -0.25) is 9.59 Å². The molecule has 0 aliphatic heterocycles. The van der Waals surface area contributed by atoms with Crippen LogP contribution >= 0.6 is 0 Å². The van der Waals surface area contributed by atoms with Crippen LogP contribution in [0, 0.1) is 0 Å². The number of rotatable bonds is 2. The molecule has 1 rings (SSSR count).